The Labute approximate surface area is 186 Å². The van der Waals surface area contributed by atoms with Gasteiger partial charge in [-0.1, -0.05) is 17.7 Å². The maximum atomic E-state index is 13.3. The Kier molecular flexibility index (Phi) is 4.63. The molecule has 0 bridgehead atoms. The molecule has 0 amide bonds. The maximum absolute atomic E-state index is 13.3. The maximum Gasteiger partial charge on any atom is 0.332 e. The Morgan fingerprint density at radius 3 is 2.72 bits per heavy atom. The van der Waals surface area contributed by atoms with E-state index in [1.54, 1.807) is 24.7 Å². The van der Waals surface area contributed by atoms with Crippen molar-refractivity contribution in [3.8, 4) is 0 Å². The predicted molar refractivity (Wildman–Crippen MR) is 120 cm³/mol. The van der Waals surface area contributed by atoms with Crippen LogP contribution in [0.5, 0.6) is 0 Å². The molecule has 3 heterocycles. The second-order valence-electron chi connectivity index (χ2n) is 8.24. The number of rotatable bonds is 5. The zero-order valence-electron chi connectivity index (χ0n) is 17.4. The lowest BCUT2D eigenvalue weighted by molar-refractivity contribution is -0.144. The van der Waals surface area contributed by atoms with Crippen LogP contribution in [0.4, 0.5) is 5.95 Å². The van der Waals surface area contributed by atoms with Crippen molar-refractivity contribution in [3.05, 3.63) is 55.8 Å². The molecule has 1 aromatic carbocycles. The highest BCUT2D eigenvalue weighted by atomic mass is 35.5. The number of nitrogens with one attached hydrogen (secondary N) is 2. The van der Waals surface area contributed by atoms with Crippen molar-refractivity contribution in [1.82, 2.24) is 23.7 Å². The van der Waals surface area contributed by atoms with Crippen LogP contribution in [0.25, 0.3) is 22.1 Å². The summed E-state index contributed by atoms with van der Waals surface area (Å²) in [6, 6.07) is 7.28. The van der Waals surface area contributed by atoms with Crippen molar-refractivity contribution in [1.29, 1.82) is 0 Å². The number of halogens is 1. The number of hydrogen-bond acceptors (Lipinski definition) is 5. The number of imidazole rings is 1. The summed E-state index contributed by atoms with van der Waals surface area (Å²) in [6.07, 6.45) is 0.981. The number of aromatic nitrogens is 5. The van der Waals surface area contributed by atoms with Gasteiger partial charge in [0, 0.05) is 41.8 Å². The second kappa shape index (κ2) is 7.27. The topological polar surface area (TPSA) is 127 Å². The van der Waals surface area contributed by atoms with E-state index in [0.717, 1.165) is 15.5 Å². The Hall–Kier alpha value is -3.53. The number of benzene rings is 1. The molecule has 0 aliphatic heterocycles. The summed E-state index contributed by atoms with van der Waals surface area (Å²) in [7, 11) is 3.27. The molecule has 32 heavy (non-hydrogen) atoms. The molecule has 1 saturated carbocycles. The number of anilines is 1. The van der Waals surface area contributed by atoms with Crippen LogP contribution in [0.2, 0.25) is 5.02 Å². The molecular formula is C21H21ClN6O4. The number of nitrogens with zero attached hydrogens (tertiary/aromatic N) is 4. The summed E-state index contributed by atoms with van der Waals surface area (Å²) >= 11 is 6.24. The summed E-state index contributed by atoms with van der Waals surface area (Å²) in [5, 5.41) is 13.7. The van der Waals surface area contributed by atoms with Crippen LogP contribution >= 0.6 is 11.6 Å². The van der Waals surface area contributed by atoms with Crippen LogP contribution in [-0.4, -0.2) is 40.8 Å². The van der Waals surface area contributed by atoms with Gasteiger partial charge in [0.15, 0.2) is 11.2 Å². The number of carbonyl (C=O) groups is 1. The van der Waals surface area contributed by atoms with Crippen molar-refractivity contribution < 1.29 is 9.90 Å². The van der Waals surface area contributed by atoms with Gasteiger partial charge in [0.05, 0.1) is 12.5 Å². The summed E-state index contributed by atoms with van der Waals surface area (Å²) in [5.41, 5.74) is 1.14. The molecular weight excluding hydrogens is 436 g/mol. The first kappa shape index (κ1) is 20.4. The first-order valence-electron chi connectivity index (χ1n) is 10.2. The van der Waals surface area contributed by atoms with Gasteiger partial charge in [-0.05, 0) is 31.0 Å². The van der Waals surface area contributed by atoms with E-state index < -0.39 is 17.2 Å². The third-order valence-electron chi connectivity index (χ3n) is 6.18. The molecule has 10 nitrogen and oxygen atoms in total. The lowest BCUT2D eigenvalue weighted by atomic mass is 9.80. The minimum atomic E-state index is -0.809. The standard InChI is InChI=1S/C21H21ClN6O4/c1-26-16-17(25-20(26)24-11-6-10(7-11)19(30)31)27(2)21(32)28(18(16)29)9-12-8-13-14(22)4-3-5-15(13)23-12/h3-5,8,10-11,23H,6-7,9H2,1-2H3,(H,24,25)(H,30,31)/t10-,11-. The number of aromatic amines is 1. The highest BCUT2D eigenvalue weighted by Crippen LogP contribution is 2.30. The molecule has 1 aliphatic rings. The highest BCUT2D eigenvalue weighted by molar-refractivity contribution is 6.35. The average Bonchev–Trinajstić information content (AvgIpc) is 3.27. The molecule has 0 spiro atoms. The number of H-pyrrole nitrogens is 1. The Morgan fingerprint density at radius 1 is 1.28 bits per heavy atom. The van der Waals surface area contributed by atoms with Crippen molar-refractivity contribution in [2.24, 2.45) is 20.0 Å². The number of fused-ring (bicyclic) bond motifs is 2. The van der Waals surface area contributed by atoms with Crippen LogP contribution in [0.3, 0.4) is 0 Å². The zero-order chi connectivity index (χ0) is 22.7. The summed E-state index contributed by atoms with van der Waals surface area (Å²) in [5.74, 6) is -0.749. The molecule has 0 radical (unpaired) electrons. The fraction of sp³-hybridized carbons (Fsp3) is 0.333. The summed E-state index contributed by atoms with van der Waals surface area (Å²) in [4.78, 5) is 44.9. The number of hydrogen-bond donors (Lipinski definition) is 3. The van der Waals surface area contributed by atoms with Gasteiger partial charge in [-0.25, -0.2) is 4.79 Å². The molecule has 11 heteroatoms. The van der Waals surface area contributed by atoms with E-state index in [-0.39, 0.29) is 29.7 Å². The Balaban J connectivity index is 1.53. The van der Waals surface area contributed by atoms with Crippen molar-refractivity contribution in [2.45, 2.75) is 25.4 Å². The van der Waals surface area contributed by atoms with E-state index in [1.165, 1.54) is 4.57 Å². The van der Waals surface area contributed by atoms with Crippen molar-refractivity contribution >= 4 is 45.6 Å². The minimum absolute atomic E-state index is 0.0398. The van der Waals surface area contributed by atoms with E-state index in [2.05, 4.69) is 15.3 Å². The van der Waals surface area contributed by atoms with Gasteiger partial charge in [-0.3, -0.25) is 18.7 Å². The monoisotopic (exact) mass is 456 g/mol. The molecule has 0 atom stereocenters. The van der Waals surface area contributed by atoms with Gasteiger partial charge in [-0.2, -0.15) is 4.98 Å². The van der Waals surface area contributed by atoms with E-state index >= 15 is 0 Å². The molecule has 1 fully saturated rings. The van der Waals surface area contributed by atoms with Crippen LogP contribution in [0.1, 0.15) is 18.5 Å². The van der Waals surface area contributed by atoms with Crippen LogP contribution in [0.15, 0.2) is 33.9 Å². The Bertz CT molecular complexity index is 1500. The SMILES string of the molecule is Cn1c(N[C@H]2C[C@H](C(=O)O)C2)nc2c1c(=O)n(Cc1cc3c(Cl)cccc3[nH]1)c(=O)n2C. The molecule has 4 aromatic rings. The van der Waals surface area contributed by atoms with Crippen molar-refractivity contribution in [3.63, 3.8) is 0 Å². The fourth-order valence-corrected chi connectivity index (χ4v) is 4.49. The van der Waals surface area contributed by atoms with Crippen LogP contribution < -0.4 is 16.6 Å². The lowest BCUT2D eigenvalue weighted by Gasteiger charge is -2.33. The summed E-state index contributed by atoms with van der Waals surface area (Å²) in [6.45, 7) is 0.0588. The minimum Gasteiger partial charge on any atom is -0.481 e. The molecule has 1 aliphatic carbocycles. The van der Waals surface area contributed by atoms with E-state index in [9.17, 15) is 14.4 Å². The van der Waals surface area contributed by atoms with Crippen LogP contribution in [0, 0.1) is 5.92 Å². The van der Waals surface area contributed by atoms with Gasteiger partial charge < -0.3 is 20.0 Å². The normalized spacial score (nSPS) is 18.2. The fourth-order valence-electron chi connectivity index (χ4n) is 4.26. The smallest absolute Gasteiger partial charge is 0.332 e. The molecule has 3 N–H and O–H groups in total. The first-order chi connectivity index (χ1) is 15.2. The van der Waals surface area contributed by atoms with Crippen LogP contribution in [-0.2, 0) is 25.4 Å². The second-order valence-corrected chi connectivity index (χ2v) is 8.65. The first-order valence-corrected chi connectivity index (χ1v) is 10.5. The van der Waals surface area contributed by atoms with Gasteiger partial charge in [0.1, 0.15) is 0 Å². The van der Waals surface area contributed by atoms with E-state index in [1.807, 2.05) is 18.2 Å². The molecule has 3 aromatic heterocycles. The quantitative estimate of drug-likeness (QED) is 0.421. The third-order valence-corrected chi connectivity index (χ3v) is 6.51. The lowest BCUT2D eigenvalue weighted by Crippen LogP contribution is -2.40. The Morgan fingerprint density at radius 2 is 2.03 bits per heavy atom. The predicted octanol–water partition coefficient (Wildman–Crippen LogP) is 1.89. The van der Waals surface area contributed by atoms with Gasteiger partial charge in [-0.15, -0.1) is 0 Å². The number of aryl methyl sites for hydroxylation is 2. The molecule has 5 rings (SSSR count). The van der Waals surface area contributed by atoms with Crippen molar-refractivity contribution in [2.75, 3.05) is 5.32 Å². The van der Waals surface area contributed by atoms with Gasteiger partial charge in [0.2, 0.25) is 5.95 Å². The molecule has 0 saturated heterocycles. The van der Waals surface area contributed by atoms with E-state index in [4.69, 9.17) is 16.7 Å². The largest absolute Gasteiger partial charge is 0.481 e. The third kappa shape index (κ3) is 3.10. The highest BCUT2D eigenvalue weighted by Gasteiger charge is 2.35. The zero-order valence-corrected chi connectivity index (χ0v) is 18.2. The summed E-state index contributed by atoms with van der Waals surface area (Å²) < 4.78 is 4.12. The van der Waals surface area contributed by atoms with E-state index in [0.29, 0.717) is 29.5 Å². The number of carboxylic acid groups (broad SMARTS) is 1. The average molecular weight is 457 g/mol. The molecule has 166 valence electrons. The van der Waals surface area contributed by atoms with Gasteiger partial charge >= 0.3 is 11.7 Å². The molecule has 0 unspecified atom stereocenters. The number of aliphatic carboxylic acids is 1. The van der Waals surface area contributed by atoms with Gasteiger partial charge in [0.25, 0.3) is 5.56 Å². The number of carboxylic acids is 1.